The van der Waals surface area contributed by atoms with Crippen LogP contribution in [0.5, 0.6) is 0 Å². The molecule has 1 heterocycles. The van der Waals surface area contributed by atoms with Gasteiger partial charge in [-0.25, -0.2) is 12.7 Å². The van der Waals surface area contributed by atoms with Gasteiger partial charge in [-0.1, -0.05) is 0 Å². The summed E-state index contributed by atoms with van der Waals surface area (Å²) in [5, 5.41) is 8.35. The van der Waals surface area contributed by atoms with E-state index in [1.165, 1.54) is 4.31 Å². The van der Waals surface area contributed by atoms with Gasteiger partial charge >= 0.3 is 0 Å². The molecule has 1 rings (SSSR count). The van der Waals surface area contributed by atoms with Gasteiger partial charge in [0.1, 0.15) is 0 Å². The van der Waals surface area contributed by atoms with Crippen molar-refractivity contribution in [1.82, 2.24) is 9.21 Å². The summed E-state index contributed by atoms with van der Waals surface area (Å²) in [7, 11) is -2.41. The Morgan fingerprint density at radius 3 is 2.31 bits per heavy atom. The van der Waals surface area contributed by atoms with Crippen LogP contribution in [0.25, 0.3) is 0 Å². The van der Waals surface area contributed by atoms with Crippen molar-refractivity contribution in [3.63, 3.8) is 0 Å². The highest BCUT2D eigenvalue weighted by Gasteiger charge is 2.17. The molecule has 0 saturated carbocycles. The normalized spacial score (nSPS) is 20.3. The van der Waals surface area contributed by atoms with Gasteiger partial charge in [0.05, 0.1) is 6.07 Å². The monoisotopic (exact) mass is 203 g/mol. The molecule has 0 atom stereocenters. The van der Waals surface area contributed by atoms with Gasteiger partial charge in [0.2, 0.25) is 10.9 Å². The lowest BCUT2D eigenvalue weighted by Gasteiger charge is -2.30. The first kappa shape index (κ1) is 10.4. The van der Waals surface area contributed by atoms with Gasteiger partial charge in [0, 0.05) is 39.1 Å². The second-order valence-corrected chi connectivity index (χ2v) is 3.98. The van der Waals surface area contributed by atoms with Gasteiger partial charge in [-0.15, -0.1) is 0 Å². The molecule has 74 valence electrons. The average Bonchev–Trinajstić information content (AvgIpc) is 2.15. The van der Waals surface area contributed by atoms with Crippen LogP contribution in [0.3, 0.4) is 0 Å². The van der Waals surface area contributed by atoms with Crippen LogP contribution in [0.15, 0.2) is 0 Å². The molecule has 1 aliphatic rings. The predicted molar refractivity (Wildman–Crippen MR) is 48.6 cm³/mol. The van der Waals surface area contributed by atoms with E-state index in [1.54, 1.807) is 0 Å². The second-order valence-electron chi connectivity index (χ2n) is 2.94. The molecule has 0 aliphatic carbocycles. The van der Waals surface area contributed by atoms with Gasteiger partial charge in [-0.3, -0.25) is 4.90 Å². The molecule has 0 aromatic heterocycles. The van der Waals surface area contributed by atoms with Gasteiger partial charge in [-0.2, -0.15) is 5.26 Å². The van der Waals surface area contributed by atoms with E-state index in [0.717, 1.165) is 19.6 Å². The van der Waals surface area contributed by atoms with Gasteiger partial charge in [0.15, 0.2) is 0 Å². The average molecular weight is 203 g/mol. The van der Waals surface area contributed by atoms with Crippen LogP contribution in [0.4, 0.5) is 0 Å². The molecule has 0 spiro atoms. The quantitative estimate of drug-likeness (QED) is 0.600. The van der Waals surface area contributed by atoms with Crippen LogP contribution in [0, 0.1) is 11.3 Å². The van der Waals surface area contributed by atoms with E-state index in [0.29, 0.717) is 19.5 Å². The van der Waals surface area contributed by atoms with Crippen LogP contribution in [-0.4, -0.2) is 50.3 Å². The number of thiol groups is 1. The fourth-order valence-corrected chi connectivity index (χ4v) is 1.84. The molecule has 1 fully saturated rings. The maximum Gasteiger partial charge on any atom is 0.204 e. The zero-order valence-corrected chi connectivity index (χ0v) is 8.24. The minimum Gasteiger partial charge on any atom is -0.300 e. The number of piperazine rings is 1. The van der Waals surface area contributed by atoms with Crippen molar-refractivity contribution in [3.05, 3.63) is 0 Å². The topological polar surface area (TPSA) is 64.4 Å². The summed E-state index contributed by atoms with van der Waals surface area (Å²) in [6.45, 7) is 3.35. The third-order valence-electron chi connectivity index (χ3n) is 2.12. The van der Waals surface area contributed by atoms with E-state index >= 15 is 0 Å². The van der Waals surface area contributed by atoms with E-state index in [9.17, 15) is 8.42 Å². The highest BCUT2D eigenvalue weighted by atomic mass is 32.2. The number of nitriles is 1. The van der Waals surface area contributed by atoms with Crippen molar-refractivity contribution < 1.29 is 8.42 Å². The summed E-state index contributed by atoms with van der Waals surface area (Å²) in [6, 6.07) is 2.07. The molecular formula is C7H13N3O2S. The van der Waals surface area contributed by atoms with Crippen LogP contribution in [0.1, 0.15) is 6.42 Å². The SMILES string of the molecule is N#CCCN1CCN([SH](=O)=O)CC1. The Kier molecular flexibility index (Phi) is 4.15. The van der Waals surface area contributed by atoms with Crippen LogP contribution in [-0.2, 0) is 10.9 Å². The van der Waals surface area contributed by atoms with E-state index in [2.05, 4.69) is 11.0 Å². The van der Waals surface area contributed by atoms with Crippen molar-refractivity contribution in [3.8, 4) is 6.07 Å². The van der Waals surface area contributed by atoms with Crippen molar-refractivity contribution in [2.45, 2.75) is 6.42 Å². The lowest BCUT2D eigenvalue weighted by molar-refractivity contribution is 0.194. The lowest BCUT2D eigenvalue weighted by atomic mass is 10.3. The summed E-state index contributed by atoms with van der Waals surface area (Å²) < 4.78 is 22.6. The molecule has 0 radical (unpaired) electrons. The first-order valence-corrected chi connectivity index (χ1v) is 5.35. The highest BCUT2D eigenvalue weighted by Crippen LogP contribution is 2.01. The molecule has 0 amide bonds. The maximum absolute atomic E-state index is 10.6. The molecule has 5 nitrogen and oxygen atoms in total. The second kappa shape index (κ2) is 5.17. The molecule has 6 heteroatoms. The molecule has 0 unspecified atom stereocenters. The number of hydrogen-bond donors (Lipinski definition) is 1. The zero-order valence-electron chi connectivity index (χ0n) is 7.35. The smallest absolute Gasteiger partial charge is 0.204 e. The molecule has 0 aromatic rings. The van der Waals surface area contributed by atoms with E-state index < -0.39 is 10.9 Å². The third-order valence-corrected chi connectivity index (χ3v) is 2.98. The lowest BCUT2D eigenvalue weighted by Crippen LogP contribution is -2.45. The Morgan fingerprint density at radius 2 is 1.85 bits per heavy atom. The predicted octanol–water partition coefficient (Wildman–Crippen LogP) is -0.956. The minimum absolute atomic E-state index is 0.517. The van der Waals surface area contributed by atoms with Crippen LogP contribution >= 0.6 is 0 Å². The van der Waals surface area contributed by atoms with Crippen molar-refractivity contribution in [2.75, 3.05) is 32.7 Å². The molecule has 0 N–H and O–H groups in total. The van der Waals surface area contributed by atoms with Gasteiger partial charge in [0.25, 0.3) is 0 Å². The fourth-order valence-electron chi connectivity index (χ4n) is 1.33. The van der Waals surface area contributed by atoms with E-state index in [-0.39, 0.29) is 0 Å². The Hall–Kier alpha value is -0.640. The minimum atomic E-state index is -2.41. The molecular weight excluding hydrogens is 190 g/mol. The summed E-state index contributed by atoms with van der Waals surface area (Å²) in [5.41, 5.74) is 0. The van der Waals surface area contributed by atoms with E-state index in [4.69, 9.17) is 5.26 Å². The number of rotatable bonds is 3. The van der Waals surface area contributed by atoms with Crippen molar-refractivity contribution in [2.24, 2.45) is 0 Å². The fraction of sp³-hybridized carbons (Fsp3) is 0.857. The number of hydrogen-bond acceptors (Lipinski definition) is 4. The Balaban J connectivity index is 2.27. The number of nitrogens with zero attached hydrogens (tertiary/aromatic N) is 3. The largest absolute Gasteiger partial charge is 0.300 e. The van der Waals surface area contributed by atoms with Crippen LogP contribution < -0.4 is 0 Å². The van der Waals surface area contributed by atoms with Gasteiger partial charge in [-0.05, 0) is 0 Å². The van der Waals surface area contributed by atoms with Crippen LogP contribution in [0.2, 0.25) is 0 Å². The standard InChI is InChI=1S/C7H13N3O2S/c8-2-1-3-9-4-6-10(7-5-9)13(11)12/h13H,1,3-7H2. The highest BCUT2D eigenvalue weighted by molar-refractivity contribution is 7.69. The summed E-state index contributed by atoms with van der Waals surface area (Å²) >= 11 is 0. The van der Waals surface area contributed by atoms with Crippen molar-refractivity contribution in [1.29, 1.82) is 5.26 Å². The Morgan fingerprint density at radius 1 is 1.23 bits per heavy atom. The van der Waals surface area contributed by atoms with Crippen molar-refractivity contribution >= 4 is 10.9 Å². The summed E-state index contributed by atoms with van der Waals surface area (Å²) in [4.78, 5) is 2.11. The van der Waals surface area contributed by atoms with Gasteiger partial charge < -0.3 is 0 Å². The first-order valence-electron chi connectivity index (χ1n) is 4.22. The zero-order chi connectivity index (χ0) is 9.68. The molecule has 13 heavy (non-hydrogen) atoms. The first-order chi connectivity index (χ1) is 6.24. The summed E-state index contributed by atoms with van der Waals surface area (Å²) in [5.74, 6) is 0. The molecule has 1 aliphatic heterocycles. The molecule has 1 saturated heterocycles. The Bertz CT molecular complexity index is 255. The Labute approximate surface area is 79.6 Å². The molecule has 0 bridgehead atoms. The maximum atomic E-state index is 10.6. The summed E-state index contributed by atoms with van der Waals surface area (Å²) in [6.07, 6.45) is 0.517. The van der Waals surface area contributed by atoms with E-state index in [1.807, 2.05) is 0 Å². The third kappa shape index (κ3) is 3.30. The molecule has 0 aromatic carbocycles.